The molecule has 0 radical (unpaired) electrons. The molecule has 10 heteroatoms. The van der Waals surface area contributed by atoms with E-state index in [-0.39, 0.29) is 12.5 Å². The van der Waals surface area contributed by atoms with E-state index in [9.17, 15) is 11.4 Å². The Balaban J connectivity index is 1.62. The summed E-state index contributed by atoms with van der Waals surface area (Å²) in [6, 6.07) is 24.3. The van der Waals surface area contributed by atoms with Gasteiger partial charge in [-0.1, -0.05) is 0 Å². The Bertz CT molecular complexity index is 1730. The number of nitrogens with zero attached hydrogens (tertiary/aromatic N) is 2. The van der Waals surface area contributed by atoms with Crippen molar-refractivity contribution < 1.29 is 16.2 Å². The summed E-state index contributed by atoms with van der Waals surface area (Å²) < 4.78 is 66.6. The first-order valence-corrected chi connectivity index (χ1v) is 16.6. The summed E-state index contributed by atoms with van der Waals surface area (Å²) in [6.07, 6.45) is 0. The zero-order chi connectivity index (χ0) is 23.2. The molecule has 0 aliphatic carbocycles. The van der Waals surface area contributed by atoms with Gasteiger partial charge in [0.2, 0.25) is 0 Å². The van der Waals surface area contributed by atoms with Crippen molar-refractivity contribution in [3.8, 4) is 17.2 Å². The van der Waals surface area contributed by atoms with Crippen molar-refractivity contribution in [1.82, 2.24) is 4.57 Å². The molecule has 5 aromatic rings. The Labute approximate surface area is 206 Å². The van der Waals surface area contributed by atoms with E-state index in [2.05, 4.69) is 18.1 Å². The van der Waals surface area contributed by atoms with Gasteiger partial charge in [0, 0.05) is 0 Å². The molecule has 170 valence electrons. The molecule has 2 aliphatic rings. The van der Waals surface area contributed by atoms with Crippen LogP contribution in [-0.2, 0) is 0 Å². The van der Waals surface area contributed by atoms with Crippen LogP contribution < -0.4 is 21.1 Å². The quantitative estimate of drug-likeness (QED) is 0.109. The molecule has 7 rings (SSSR count). The zero-order valence-electron chi connectivity index (χ0n) is 17.2. The fourth-order valence-corrected chi connectivity index (χ4v) is 11.2. The zero-order valence-corrected chi connectivity index (χ0v) is 21.5. The Morgan fingerprint density at radius 3 is 2.44 bits per heavy atom. The van der Waals surface area contributed by atoms with Crippen LogP contribution in [0.25, 0.3) is 27.5 Å². The molecule has 3 nitrogen and oxygen atoms in total. The number of benzene rings is 4. The fourth-order valence-electron chi connectivity index (χ4n) is 5.34. The molecular formula is C24H13BF4I2N2O. The van der Waals surface area contributed by atoms with Gasteiger partial charge in [0.05, 0.1) is 0 Å². The second-order valence-electron chi connectivity index (χ2n) is 8.13. The number of hydrogen-bond donors (Lipinski definition) is 0. The van der Waals surface area contributed by atoms with Gasteiger partial charge in [-0.05, 0) is 0 Å². The summed E-state index contributed by atoms with van der Waals surface area (Å²) in [6.45, 7) is -0.349. The van der Waals surface area contributed by atoms with Crippen LogP contribution in [0.5, 0.6) is 11.5 Å². The Morgan fingerprint density at radius 2 is 1.59 bits per heavy atom. The fraction of sp³-hybridized carbons (Fsp3) is 0. The van der Waals surface area contributed by atoms with Crippen LogP contribution in [-0.4, -0.2) is 11.3 Å². The summed E-state index contributed by atoms with van der Waals surface area (Å²) in [4.78, 5) is 0. The molecule has 0 spiro atoms. The van der Waals surface area contributed by atoms with Gasteiger partial charge in [-0.2, -0.15) is 0 Å². The molecule has 0 N–H and O–H groups in total. The van der Waals surface area contributed by atoms with E-state index in [4.69, 9.17) is 4.74 Å². The number of hydrogen-bond acceptors (Lipinski definition) is 2. The van der Waals surface area contributed by atoms with Gasteiger partial charge in [0.25, 0.3) is 0 Å². The number of para-hydroxylation sites is 3. The molecule has 0 amide bonds. The van der Waals surface area contributed by atoms with E-state index in [1.54, 1.807) is 12.1 Å². The molecule has 1 aromatic heterocycles. The summed E-state index contributed by atoms with van der Waals surface area (Å²) >= 11 is -11.2. The van der Waals surface area contributed by atoms with Crippen molar-refractivity contribution in [2.75, 3.05) is 0 Å². The van der Waals surface area contributed by atoms with Crippen molar-refractivity contribution in [3.63, 3.8) is 0 Å². The summed E-state index contributed by atoms with van der Waals surface area (Å²) in [5.74, 6) is 0.463. The molecule has 0 saturated carbocycles. The second kappa shape index (κ2) is 7.26. The SMILES string of the molecule is FI(F)N=I(F)(F)c1cccc2c1Oc1ccc3c4ccccc4n4c3c1B2c1ccccc1-4. The van der Waals surface area contributed by atoms with E-state index < -0.39 is 44.2 Å². The van der Waals surface area contributed by atoms with Crippen molar-refractivity contribution in [1.29, 1.82) is 0 Å². The van der Waals surface area contributed by atoms with Gasteiger partial charge >= 0.3 is 207 Å². The van der Waals surface area contributed by atoms with Crippen molar-refractivity contribution in [3.05, 3.63) is 82.4 Å². The predicted molar refractivity (Wildman–Crippen MR) is 146 cm³/mol. The molecule has 0 atom stereocenters. The minimum atomic E-state index is -6.23. The van der Waals surface area contributed by atoms with Crippen molar-refractivity contribution in [2.24, 2.45) is 1.36 Å². The Morgan fingerprint density at radius 1 is 0.824 bits per heavy atom. The maximum absolute atomic E-state index is 15.0. The summed E-state index contributed by atoms with van der Waals surface area (Å²) in [5.41, 5.74) is 5.45. The number of halogens is 6. The van der Waals surface area contributed by atoms with Crippen molar-refractivity contribution >= 4 is 85.6 Å². The standard InChI is InChI=1S/C24H13BF4I2N2O/c26-30(27)32-31(28,29)18-9-5-8-17-24(18)34-21-13-12-15-14-6-1-3-10-19(14)33-20-11-4-2-7-16(20)25(17)22(21)23(15)33/h1-13H. The first kappa shape index (κ1) is 20.9. The third-order valence-electron chi connectivity index (χ3n) is 6.51. The average molecular weight is 686 g/mol. The topological polar surface area (TPSA) is 26.5 Å². The Hall–Kier alpha value is -2.48. The predicted octanol–water partition coefficient (Wildman–Crippen LogP) is 7.07. The van der Waals surface area contributed by atoms with E-state index in [0.29, 0.717) is 11.2 Å². The van der Waals surface area contributed by atoms with Gasteiger partial charge in [-0.25, -0.2) is 0 Å². The molecule has 0 saturated heterocycles. The number of ether oxygens (including phenoxy) is 1. The molecule has 3 heterocycles. The molecule has 4 aromatic carbocycles. The second-order valence-corrected chi connectivity index (χ2v) is 15.5. The van der Waals surface area contributed by atoms with Crippen LogP contribution in [0, 0.1) is 3.57 Å². The van der Waals surface area contributed by atoms with Gasteiger partial charge in [0.15, 0.2) is 0 Å². The monoisotopic (exact) mass is 686 g/mol. The average Bonchev–Trinajstić information content (AvgIpc) is 3.17. The van der Waals surface area contributed by atoms with Crippen LogP contribution in [0.3, 0.4) is 0 Å². The van der Waals surface area contributed by atoms with Crippen LogP contribution in [0.4, 0.5) is 11.4 Å². The van der Waals surface area contributed by atoms with Gasteiger partial charge in [-0.3, -0.25) is 0 Å². The van der Waals surface area contributed by atoms with E-state index in [1.165, 1.54) is 12.1 Å². The van der Waals surface area contributed by atoms with Crippen LogP contribution in [0.15, 0.2) is 80.2 Å². The minimum absolute atomic E-state index is 0.0124. The summed E-state index contributed by atoms with van der Waals surface area (Å²) in [7, 11) is 0. The van der Waals surface area contributed by atoms with Crippen LogP contribution in [0.1, 0.15) is 0 Å². The van der Waals surface area contributed by atoms with E-state index in [1.807, 2.05) is 42.5 Å². The van der Waals surface area contributed by atoms with Crippen molar-refractivity contribution in [2.45, 2.75) is 0 Å². The number of rotatable bonds is 2. The first-order valence-electron chi connectivity index (χ1n) is 10.4. The molecule has 0 unspecified atom stereocenters. The normalized spacial score (nSPS) is 14.5. The van der Waals surface area contributed by atoms with Crippen LogP contribution in [0.2, 0.25) is 0 Å². The molecule has 0 fully saturated rings. The van der Waals surface area contributed by atoms with Gasteiger partial charge in [-0.15, -0.1) is 0 Å². The third-order valence-corrected chi connectivity index (χ3v) is 14.4. The molecule has 34 heavy (non-hydrogen) atoms. The van der Waals surface area contributed by atoms with Gasteiger partial charge < -0.3 is 0 Å². The summed E-state index contributed by atoms with van der Waals surface area (Å²) in [5, 5.41) is 2.15. The third kappa shape index (κ3) is 2.75. The van der Waals surface area contributed by atoms with E-state index in [0.717, 1.165) is 38.4 Å². The van der Waals surface area contributed by atoms with E-state index >= 15 is 0 Å². The maximum atomic E-state index is 15.0. The molecule has 2 aliphatic heterocycles. The van der Waals surface area contributed by atoms with Crippen LogP contribution >= 0.6 is 40.6 Å². The first-order chi connectivity index (χ1) is 16.5. The number of aromatic nitrogens is 1. The van der Waals surface area contributed by atoms with Gasteiger partial charge in [0.1, 0.15) is 0 Å². The molecule has 0 bridgehead atoms. The Kier molecular flexibility index (Phi) is 4.46. The molecular weight excluding hydrogens is 673 g/mol. The number of fused-ring (bicyclic) bond motifs is 8.